The number of alkyl halides is 1. The van der Waals surface area contributed by atoms with E-state index in [0.29, 0.717) is 12.2 Å². The first-order valence-corrected chi connectivity index (χ1v) is 6.64. The van der Waals surface area contributed by atoms with Crippen molar-refractivity contribution < 1.29 is 9.15 Å². The zero-order valence-electron chi connectivity index (χ0n) is 9.32. The minimum Gasteiger partial charge on any atom is -0.493 e. The molecule has 0 atom stereocenters. The Hall–Kier alpha value is -1.29. The summed E-state index contributed by atoms with van der Waals surface area (Å²) in [6.07, 6.45) is 2.09. The Bertz CT molecular complexity index is 548. The van der Waals surface area contributed by atoms with E-state index in [2.05, 4.69) is 15.9 Å². The Morgan fingerprint density at radius 3 is 2.82 bits per heavy atom. The third kappa shape index (κ3) is 3.33. The molecule has 0 aliphatic heterocycles. The van der Waals surface area contributed by atoms with E-state index in [1.807, 2.05) is 12.1 Å². The molecular formula is C13H13BrO3. The molecule has 17 heavy (non-hydrogen) atoms. The number of fused-ring (bicyclic) bond motifs is 1. The van der Waals surface area contributed by atoms with E-state index in [-0.39, 0.29) is 5.63 Å². The van der Waals surface area contributed by atoms with Crippen molar-refractivity contribution in [2.24, 2.45) is 0 Å². The maximum atomic E-state index is 11.1. The van der Waals surface area contributed by atoms with E-state index in [1.165, 1.54) is 6.07 Å². The molecule has 0 radical (unpaired) electrons. The average Bonchev–Trinajstić information content (AvgIpc) is 2.34. The van der Waals surface area contributed by atoms with Gasteiger partial charge in [0.1, 0.15) is 11.3 Å². The fraction of sp³-hybridized carbons (Fsp3) is 0.308. The van der Waals surface area contributed by atoms with Crippen molar-refractivity contribution in [1.29, 1.82) is 0 Å². The molecule has 0 bridgehead atoms. The van der Waals surface area contributed by atoms with Crippen molar-refractivity contribution in [3.8, 4) is 5.75 Å². The summed E-state index contributed by atoms with van der Waals surface area (Å²) in [6, 6.07) is 8.69. The van der Waals surface area contributed by atoms with Crippen molar-refractivity contribution in [2.75, 3.05) is 11.9 Å². The molecule has 0 fully saturated rings. The van der Waals surface area contributed by atoms with Gasteiger partial charge < -0.3 is 9.15 Å². The van der Waals surface area contributed by atoms with E-state index in [9.17, 15) is 4.79 Å². The van der Waals surface area contributed by atoms with Crippen LogP contribution in [0.15, 0.2) is 39.5 Å². The van der Waals surface area contributed by atoms with Gasteiger partial charge in [-0.1, -0.05) is 15.9 Å². The van der Waals surface area contributed by atoms with Gasteiger partial charge in [0.15, 0.2) is 0 Å². The van der Waals surface area contributed by atoms with Crippen molar-refractivity contribution in [2.45, 2.75) is 12.8 Å². The van der Waals surface area contributed by atoms with Crippen LogP contribution in [0.1, 0.15) is 12.8 Å². The normalized spacial score (nSPS) is 10.6. The summed E-state index contributed by atoms with van der Waals surface area (Å²) in [5.74, 6) is 0.737. The van der Waals surface area contributed by atoms with Gasteiger partial charge in [-0.25, -0.2) is 4.79 Å². The SMILES string of the molecule is O=c1ccc2ccc(OCCCCBr)cc2o1. The summed E-state index contributed by atoms with van der Waals surface area (Å²) in [5.41, 5.74) is 0.226. The predicted molar refractivity (Wildman–Crippen MR) is 71.0 cm³/mol. The van der Waals surface area contributed by atoms with Gasteiger partial charge in [-0.05, 0) is 31.0 Å². The van der Waals surface area contributed by atoms with E-state index >= 15 is 0 Å². The van der Waals surface area contributed by atoms with Crippen molar-refractivity contribution >= 4 is 26.9 Å². The summed E-state index contributed by atoms with van der Waals surface area (Å²) in [5, 5.41) is 1.89. The Kier molecular flexibility index (Phi) is 4.20. The fourth-order valence-corrected chi connectivity index (χ4v) is 1.91. The second-order valence-electron chi connectivity index (χ2n) is 3.70. The highest BCUT2D eigenvalue weighted by Gasteiger charge is 2.00. The Balaban J connectivity index is 2.11. The molecule has 1 aromatic heterocycles. The molecule has 0 unspecified atom stereocenters. The summed E-state index contributed by atoms with van der Waals surface area (Å²) in [4.78, 5) is 11.1. The van der Waals surface area contributed by atoms with Crippen molar-refractivity contribution in [1.82, 2.24) is 0 Å². The summed E-state index contributed by atoms with van der Waals surface area (Å²) < 4.78 is 10.7. The number of ether oxygens (including phenoxy) is 1. The molecule has 4 heteroatoms. The number of benzene rings is 1. The molecule has 0 aliphatic carbocycles. The predicted octanol–water partition coefficient (Wildman–Crippen LogP) is 3.35. The Morgan fingerprint density at radius 1 is 1.18 bits per heavy atom. The summed E-state index contributed by atoms with van der Waals surface area (Å²) in [6.45, 7) is 0.675. The van der Waals surface area contributed by atoms with Gasteiger partial charge in [0.2, 0.25) is 0 Å². The highest BCUT2D eigenvalue weighted by molar-refractivity contribution is 9.09. The van der Waals surface area contributed by atoms with Gasteiger partial charge >= 0.3 is 5.63 Å². The molecule has 1 heterocycles. The minimum atomic E-state index is -0.339. The van der Waals surface area contributed by atoms with Crippen LogP contribution >= 0.6 is 15.9 Å². The highest BCUT2D eigenvalue weighted by Crippen LogP contribution is 2.19. The molecule has 3 nitrogen and oxygen atoms in total. The lowest BCUT2D eigenvalue weighted by Crippen LogP contribution is -1.98. The van der Waals surface area contributed by atoms with E-state index in [1.54, 1.807) is 12.1 Å². The van der Waals surface area contributed by atoms with Crippen LogP contribution in [0.25, 0.3) is 11.0 Å². The number of rotatable bonds is 5. The number of hydrogen-bond acceptors (Lipinski definition) is 3. The second kappa shape index (κ2) is 5.87. The van der Waals surface area contributed by atoms with Gasteiger partial charge in [-0.2, -0.15) is 0 Å². The molecule has 2 aromatic rings. The smallest absolute Gasteiger partial charge is 0.336 e. The molecule has 0 N–H and O–H groups in total. The molecule has 0 spiro atoms. The molecule has 2 rings (SSSR count). The first-order valence-electron chi connectivity index (χ1n) is 5.52. The number of hydrogen-bond donors (Lipinski definition) is 0. The van der Waals surface area contributed by atoms with Crippen LogP contribution < -0.4 is 10.4 Å². The van der Waals surface area contributed by atoms with E-state index in [0.717, 1.165) is 29.3 Å². The van der Waals surface area contributed by atoms with E-state index in [4.69, 9.17) is 9.15 Å². The first-order chi connectivity index (χ1) is 8.29. The lowest BCUT2D eigenvalue weighted by Gasteiger charge is -2.05. The largest absolute Gasteiger partial charge is 0.493 e. The van der Waals surface area contributed by atoms with Gasteiger partial charge in [0, 0.05) is 22.8 Å². The number of halogens is 1. The standard InChI is InChI=1S/C13H13BrO3/c14-7-1-2-8-16-11-5-3-10-4-6-13(15)17-12(10)9-11/h3-6,9H,1-2,7-8H2. The molecule has 0 saturated heterocycles. The molecular weight excluding hydrogens is 284 g/mol. The lowest BCUT2D eigenvalue weighted by molar-refractivity contribution is 0.310. The topological polar surface area (TPSA) is 39.4 Å². The zero-order chi connectivity index (χ0) is 12.1. The van der Waals surface area contributed by atoms with Crippen LogP contribution in [0.3, 0.4) is 0 Å². The Labute approximate surface area is 108 Å². The monoisotopic (exact) mass is 296 g/mol. The maximum Gasteiger partial charge on any atom is 0.336 e. The fourth-order valence-electron chi connectivity index (χ4n) is 1.52. The van der Waals surface area contributed by atoms with Crippen LogP contribution in [0, 0.1) is 0 Å². The Morgan fingerprint density at radius 2 is 2.00 bits per heavy atom. The molecule has 0 aliphatic rings. The summed E-state index contributed by atoms with van der Waals surface area (Å²) >= 11 is 3.37. The summed E-state index contributed by atoms with van der Waals surface area (Å²) in [7, 11) is 0. The van der Waals surface area contributed by atoms with Gasteiger partial charge in [0.05, 0.1) is 6.61 Å². The molecule has 0 saturated carbocycles. The molecule has 1 aromatic carbocycles. The van der Waals surface area contributed by atoms with Crippen LogP contribution in [-0.2, 0) is 0 Å². The quantitative estimate of drug-likeness (QED) is 0.482. The second-order valence-corrected chi connectivity index (χ2v) is 4.49. The zero-order valence-corrected chi connectivity index (χ0v) is 10.9. The van der Waals surface area contributed by atoms with Crippen molar-refractivity contribution in [3.63, 3.8) is 0 Å². The third-order valence-electron chi connectivity index (χ3n) is 2.39. The maximum absolute atomic E-state index is 11.1. The van der Waals surface area contributed by atoms with Crippen LogP contribution in [-0.4, -0.2) is 11.9 Å². The third-order valence-corrected chi connectivity index (χ3v) is 2.95. The number of unbranched alkanes of at least 4 members (excludes halogenated alkanes) is 1. The van der Waals surface area contributed by atoms with Crippen molar-refractivity contribution in [3.05, 3.63) is 40.8 Å². The van der Waals surface area contributed by atoms with Gasteiger partial charge in [-0.15, -0.1) is 0 Å². The van der Waals surface area contributed by atoms with Crippen LogP contribution in [0.4, 0.5) is 0 Å². The average molecular weight is 297 g/mol. The lowest BCUT2D eigenvalue weighted by atomic mass is 10.2. The highest BCUT2D eigenvalue weighted by atomic mass is 79.9. The molecule has 90 valence electrons. The molecule has 0 amide bonds. The first kappa shape index (κ1) is 12.2. The van der Waals surface area contributed by atoms with Crippen LogP contribution in [0.5, 0.6) is 5.75 Å². The van der Waals surface area contributed by atoms with E-state index < -0.39 is 0 Å². The van der Waals surface area contributed by atoms with Gasteiger partial charge in [0.25, 0.3) is 0 Å². The van der Waals surface area contributed by atoms with Gasteiger partial charge in [-0.3, -0.25) is 0 Å². The van der Waals surface area contributed by atoms with Crippen LogP contribution in [0.2, 0.25) is 0 Å². The minimum absolute atomic E-state index is 0.339.